The van der Waals surface area contributed by atoms with Crippen molar-refractivity contribution in [3.63, 3.8) is 0 Å². The molecule has 1 aliphatic rings. The molecule has 8 heavy (non-hydrogen) atoms. The molecule has 3 heteroatoms. The third kappa shape index (κ3) is 1.11. The fourth-order valence-corrected chi connectivity index (χ4v) is 0.765. The molecule has 0 bridgehead atoms. The Morgan fingerprint density at radius 3 is 2.62 bits per heavy atom. The van der Waals surface area contributed by atoms with Crippen molar-refractivity contribution in [2.24, 2.45) is 5.73 Å². The summed E-state index contributed by atoms with van der Waals surface area (Å²) in [5.41, 5.74) is 5.52. The van der Waals surface area contributed by atoms with Crippen LogP contribution in [0.2, 0.25) is 0 Å². The number of rotatable bonds is 0. The summed E-state index contributed by atoms with van der Waals surface area (Å²) in [6.07, 6.45) is 7.58. The Labute approximate surface area is 57.0 Å². The summed E-state index contributed by atoms with van der Waals surface area (Å²) in [7, 11) is 0. The molecule has 1 unspecified atom stereocenters. The van der Waals surface area contributed by atoms with Crippen LogP contribution in [-0.4, -0.2) is 10.1 Å². The number of nitrogens with zero attached hydrogens (tertiary/aromatic N) is 1. The van der Waals surface area contributed by atoms with Gasteiger partial charge < -0.3 is 5.73 Å². The lowest BCUT2D eigenvalue weighted by Gasteiger charge is -2.18. The summed E-state index contributed by atoms with van der Waals surface area (Å²) in [5, 5.41) is 0. The van der Waals surface area contributed by atoms with E-state index in [4.69, 9.17) is 5.73 Å². The smallest absolute Gasteiger partial charge is 0.107 e. The van der Waals surface area contributed by atoms with Gasteiger partial charge in [-0.3, -0.25) is 3.93 Å². The first-order valence-electron chi connectivity index (χ1n) is 2.35. The summed E-state index contributed by atoms with van der Waals surface area (Å²) in [6.45, 7) is 0. The average Bonchev–Trinajstić information content (AvgIpc) is 1.77. The van der Waals surface area contributed by atoms with Gasteiger partial charge in [0.15, 0.2) is 0 Å². The van der Waals surface area contributed by atoms with Gasteiger partial charge in [-0.1, -0.05) is 6.08 Å². The Morgan fingerprint density at radius 2 is 2.25 bits per heavy atom. The monoisotopic (exact) mass is 174 g/mol. The van der Waals surface area contributed by atoms with Gasteiger partial charge in [0.25, 0.3) is 0 Å². The van der Waals surface area contributed by atoms with Crippen molar-refractivity contribution in [3.8, 4) is 0 Å². The Balaban J connectivity index is 2.59. The molecule has 0 saturated heterocycles. The lowest BCUT2D eigenvalue weighted by molar-refractivity contribution is 0.545. The zero-order valence-electron chi connectivity index (χ0n) is 4.29. The first-order chi connectivity index (χ1) is 3.80. The van der Waals surface area contributed by atoms with E-state index in [1.54, 1.807) is 3.93 Å². The van der Waals surface area contributed by atoms with Crippen LogP contribution in [0, 0.1) is 0 Å². The molecule has 44 valence electrons. The maximum Gasteiger partial charge on any atom is 0.107 e. The highest BCUT2D eigenvalue weighted by Crippen LogP contribution is 2.07. The molecule has 0 spiro atoms. The number of nitrogens with two attached hydrogens (primary N) is 1. The molecule has 0 amide bonds. The van der Waals surface area contributed by atoms with Gasteiger partial charge in [-0.15, -0.1) is 0 Å². The Morgan fingerprint density at radius 1 is 1.50 bits per heavy atom. The van der Waals surface area contributed by atoms with Crippen LogP contribution in [-0.2, 0) is 0 Å². The van der Waals surface area contributed by atoms with Crippen LogP contribution in [0.25, 0.3) is 0 Å². The summed E-state index contributed by atoms with van der Waals surface area (Å²) >= 11 is 3.22. The normalized spacial score (nSPS) is 26.8. The van der Waals surface area contributed by atoms with Crippen LogP contribution in [0.3, 0.4) is 0 Å². The van der Waals surface area contributed by atoms with Gasteiger partial charge in [-0.25, -0.2) is 0 Å². The van der Waals surface area contributed by atoms with Crippen molar-refractivity contribution in [1.29, 1.82) is 0 Å². The van der Waals surface area contributed by atoms with Gasteiger partial charge in [0.05, 0.1) is 16.1 Å². The van der Waals surface area contributed by atoms with E-state index in [0.29, 0.717) is 0 Å². The van der Waals surface area contributed by atoms with Gasteiger partial charge >= 0.3 is 0 Å². The van der Waals surface area contributed by atoms with Crippen LogP contribution >= 0.6 is 16.1 Å². The summed E-state index contributed by atoms with van der Waals surface area (Å²) in [5.74, 6) is 0. The molecule has 1 aliphatic heterocycles. The summed E-state index contributed by atoms with van der Waals surface area (Å²) in [4.78, 5) is 0. The molecular formula is C5H7BrN2. The zero-order chi connectivity index (χ0) is 5.98. The predicted molar refractivity (Wildman–Crippen MR) is 37.0 cm³/mol. The van der Waals surface area contributed by atoms with Crippen molar-refractivity contribution >= 4 is 16.1 Å². The molecule has 1 heterocycles. The second kappa shape index (κ2) is 2.33. The molecule has 0 aromatic carbocycles. The third-order valence-corrected chi connectivity index (χ3v) is 1.64. The maximum atomic E-state index is 5.52. The quantitative estimate of drug-likeness (QED) is 0.555. The lowest BCUT2D eigenvalue weighted by Crippen LogP contribution is -2.30. The minimum atomic E-state index is -0.0139. The fourth-order valence-electron chi connectivity index (χ4n) is 0.492. The van der Waals surface area contributed by atoms with E-state index >= 15 is 0 Å². The van der Waals surface area contributed by atoms with Gasteiger partial charge in [0.2, 0.25) is 0 Å². The molecule has 0 aliphatic carbocycles. The first kappa shape index (κ1) is 5.85. The molecule has 1 atom stereocenters. The highest BCUT2D eigenvalue weighted by atomic mass is 79.9. The SMILES string of the molecule is NC1C=CC=CN1Br. The van der Waals surface area contributed by atoms with Gasteiger partial charge in [0, 0.05) is 6.20 Å². The van der Waals surface area contributed by atoms with Crippen molar-refractivity contribution < 1.29 is 0 Å². The van der Waals surface area contributed by atoms with Crippen molar-refractivity contribution in [1.82, 2.24) is 3.93 Å². The van der Waals surface area contributed by atoms with Crippen molar-refractivity contribution in [2.45, 2.75) is 6.17 Å². The van der Waals surface area contributed by atoms with Crippen LogP contribution in [0.4, 0.5) is 0 Å². The highest BCUT2D eigenvalue weighted by molar-refractivity contribution is 9.07. The van der Waals surface area contributed by atoms with Crippen LogP contribution < -0.4 is 5.73 Å². The second-order valence-corrected chi connectivity index (χ2v) is 2.38. The van der Waals surface area contributed by atoms with E-state index in [9.17, 15) is 0 Å². The minimum absolute atomic E-state index is 0.0139. The number of hydrogen-bond acceptors (Lipinski definition) is 2. The van der Waals surface area contributed by atoms with E-state index < -0.39 is 0 Å². The Bertz CT molecular complexity index is 114. The van der Waals surface area contributed by atoms with Crippen molar-refractivity contribution in [3.05, 3.63) is 24.4 Å². The highest BCUT2D eigenvalue weighted by Gasteiger charge is 2.02. The number of allylic oxidation sites excluding steroid dienone is 2. The molecule has 1 rings (SSSR count). The molecule has 0 radical (unpaired) electrons. The Kier molecular flexibility index (Phi) is 1.70. The van der Waals surface area contributed by atoms with Gasteiger partial charge in [-0.2, -0.15) is 0 Å². The molecule has 0 aromatic rings. The van der Waals surface area contributed by atoms with Gasteiger partial charge in [0.1, 0.15) is 6.17 Å². The third-order valence-electron chi connectivity index (χ3n) is 0.933. The predicted octanol–water partition coefficient (Wildman–Crippen LogP) is 0.967. The van der Waals surface area contributed by atoms with Crippen molar-refractivity contribution in [2.75, 3.05) is 0 Å². The molecule has 0 aromatic heterocycles. The van der Waals surface area contributed by atoms with E-state index in [2.05, 4.69) is 16.1 Å². The van der Waals surface area contributed by atoms with E-state index in [0.717, 1.165) is 0 Å². The summed E-state index contributed by atoms with van der Waals surface area (Å²) < 4.78 is 1.76. The number of hydrogen-bond donors (Lipinski definition) is 1. The standard InChI is InChI=1S/C5H7BrN2/c6-8-4-2-1-3-5(8)7/h1-5H,7H2. The average molecular weight is 175 g/mol. The molecule has 2 N–H and O–H groups in total. The molecule has 0 saturated carbocycles. The van der Waals surface area contributed by atoms with E-state index in [1.165, 1.54) is 0 Å². The van der Waals surface area contributed by atoms with Crippen LogP contribution in [0.5, 0.6) is 0 Å². The van der Waals surface area contributed by atoms with Gasteiger partial charge in [-0.05, 0) is 12.2 Å². The second-order valence-electron chi connectivity index (χ2n) is 1.56. The number of halogens is 1. The first-order valence-corrected chi connectivity index (χ1v) is 3.06. The zero-order valence-corrected chi connectivity index (χ0v) is 5.88. The topological polar surface area (TPSA) is 29.3 Å². The van der Waals surface area contributed by atoms with E-state index in [-0.39, 0.29) is 6.17 Å². The molecular weight excluding hydrogens is 168 g/mol. The lowest BCUT2D eigenvalue weighted by atomic mass is 10.3. The fraction of sp³-hybridized carbons (Fsp3) is 0.200. The van der Waals surface area contributed by atoms with E-state index in [1.807, 2.05) is 24.4 Å². The Hall–Kier alpha value is -0.280. The van der Waals surface area contributed by atoms with Crippen LogP contribution in [0.1, 0.15) is 0 Å². The van der Waals surface area contributed by atoms with Crippen LogP contribution in [0.15, 0.2) is 24.4 Å². The minimum Gasteiger partial charge on any atom is -0.307 e. The maximum absolute atomic E-state index is 5.52. The molecule has 2 nitrogen and oxygen atoms in total. The largest absolute Gasteiger partial charge is 0.307 e. The summed E-state index contributed by atoms with van der Waals surface area (Å²) in [6, 6.07) is 0. The molecule has 0 fully saturated rings.